The Bertz CT molecular complexity index is 604. The monoisotopic (exact) mass is 336 g/mol. The van der Waals surface area contributed by atoms with Gasteiger partial charge in [0.15, 0.2) is 0 Å². The van der Waals surface area contributed by atoms with Gasteiger partial charge in [-0.25, -0.2) is 4.79 Å². The first-order valence-electron chi connectivity index (χ1n) is 8.05. The van der Waals surface area contributed by atoms with Crippen molar-refractivity contribution < 1.29 is 14.3 Å². The molecule has 0 radical (unpaired) electrons. The zero-order chi connectivity index (χ0) is 16.4. The number of hydrogen-bond donors (Lipinski definition) is 1. The molecule has 1 aromatic carbocycles. The van der Waals surface area contributed by atoms with Crippen molar-refractivity contribution in [1.82, 2.24) is 10.2 Å². The Morgan fingerprint density at radius 3 is 2.74 bits per heavy atom. The van der Waals surface area contributed by atoms with Crippen molar-refractivity contribution in [3.63, 3.8) is 0 Å². The highest BCUT2D eigenvalue weighted by molar-refractivity contribution is 6.30. The van der Waals surface area contributed by atoms with Gasteiger partial charge in [-0.1, -0.05) is 31.4 Å². The molecule has 124 valence electrons. The summed E-state index contributed by atoms with van der Waals surface area (Å²) in [5, 5.41) is 3.58. The van der Waals surface area contributed by atoms with Crippen molar-refractivity contribution in [2.45, 2.75) is 38.1 Å². The highest BCUT2D eigenvalue weighted by Crippen LogP contribution is 2.38. The van der Waals surface area contributed by atoms with Crippen molar-refractivity contribution in [3.05, 3.63) is 29.3 Å². The third-order valence-electron chi connectivity index (χ3n) is 4.90. The summed E-state index contributed by atoms with van der Waals surface area (Å²) in [4.78, 5) is 26.3. The first-order valence-corrected chi connectivity index (χ1v) is 8.43. The normalized spacial score (nSPS) is 27.4. The molecule has 3 amide bonds. The Morgan fingerprint density at radius 1 is 1.30 bits per heavy atom. The average molecular weight is 337 g/mol. The fraction of sp³-hybridized carbons (Fsp3) is 0.529. The first-order chi connectivity index (χ1) is 11.0. The van der Waals surface area contributed by atoms with Crippen LogP contribution in [-0.4, -0.2) is 35.5 Å². The first kappa shape index (κ1) is 16.1. The number of hydrogen-bond acceptors (Lipinski definition) is 3. The van der Waals surface area contributed by atoms with Gasteiger partial charge < -0.3 is 10.1 Å². The summed E-state index contributed by atoms with van der Waals surface area (Å²) in [6, 6.07) is 6.70. The standard InChI is InChI=1S/C17H21ClN2O3/c1-12-4-2-3-9-17(12)15(21)20(16(22)19-17)10-11-23-14-7-5-13(18)6-8-14/h5-8,12H,2-4,9-11H2,1H3,(H,19,22)/t12-,17+/m1/s1. The van der Waals surface area contributed by atoms with Crippen molar-refractivity contribution in [2.24, 2.45) is 5.92 Å². The minimum Gasteiger partial charge on any atom is -0.492 e. The van der Waals surface area contributed by atoms with Crippen LogP contribution in [0.2, 0.25) is 5.02 Å². The molecule has 1 aliphatic carbocycles. The number of nitrogens with one attached hydrogen (secondary N) is 1. The van der Waals surface area contributed by atoms with E-state index >= 15 is 0 Å². The maximum Gasteiger partial charge on any atom is 0.325 e. The fourth-order valence-corrected chi connectivity index (χ4v) is 3.61. The molecule has 2 fully saturated rings. The number of nitrogens with zero attached hydrogens (tertiary/aromatic N) is 1. The van der Waals surface area contributed by atoms with Gasteiger partial charge in [0.25, 0.3) is 5.91 Å². The van der Waals surface area contributed by atoms with Crippen molar-refractivity contribution in [3.8, 4) is 5.75 Å². The van der Waals surface area contributed by atoms with Crippen molar-refractivity contribution >= 4 is 23.5 Å². The van der Waals surface area contributed by atoms with E-state index in [0.717, 1.165) is 25.7 Å². The number of benzene rings is 1. The number of urea groups is 1. The molecule has 1 N–H and O–H groups in total. The van der Waals surface area contributed by atoms with Crippen LogP contribution in [0.15, 0.2) is 24.3 Å². The Hall–Kier alpha value is -1.75. The summed E-state index contributed by atoms with van der Waals surface area (Å²) in [5.74, 6) is 0.742. The number of carbonyl (C=O) groups is 2. The van der Waals surface area contributed by atoms with Crippen molar-refractivity contribution in [1.29, 1.82) is 0 Å². The van der Waals surface area contributed by atoms with Crippen LogP contribution in [0.4, 0.5) is 4.79 Å². The molecule has 0 bridgehead atoms. The molecule has 1 aliphatic heterocycles. The SMILES string of the molecule is C[C@@H]1CCCC[C@]12NC(=O)N(CCOc1ccc(Cl)cc1)C2=O. The van der Waals surface area contributed by atoms with Gasteiger partial charge in [0, 0.05) is 5.02 Å². The van der Waals surface area contributed by atoms with E-state index in [1.807, 2.05) is 6.92 Å². The van der Waals surface area contributed by atoms with Gasteiger partial charge in [0.2, 0.25) is 0 Å². The molecule has 2 aliphatic rings. The Morgan fingerprint density at radius 2 is 2.04 bits per heavy atom. The smallest absolute Gasteiger partial charge is 0.325 e. The van der Waals surface area contributed by atoms with E-state index in [1.54, 1.807) is 24.3 Å². The second-order valence-electron chi connectivity index (χ2n) is 6.31. The highest BCUT2D eigenvalue weighted by atomic mass is 35.5. The Labute approximate surface area is 140 Å². The lowest BCUT2D eigenvalue weighted by Gasteiger charge is -2.36. The number of carbonyl (C=O) groups excluding carboxylic acids is 2. The van der Waals surface area contributed by atoms with Crippen LogP contribution in [-0.2, 0) is 4.79 Å². The largest absolute Gasteiger partial charge is 0.492 e. The predicted octanol–water partition coefficient (Wildman–Crippen LogP) is 3.22. The van der Waals surface area contributed by atoms with Gasteiger partial charge in [0.05, 0.1) is 6.54 Å². The summed E-state index contributed by atoms with van der Waals surface area (Å²) in [5.41, 5.74) is -0.699. The van der Waals surface area contributed by atoms with E-state index in [0.29, 0.717) is 10.8 Å². The third-order valence-corrected chi connectivity index (χ3v) is 5.15. The van der Waals surface area contributed by atoms with Gasteiger partial charge >= 0.3 is 6.03 Å². The quantitative estimate of drug-likeness (QED) is 0.859. The van der Waals surface area contributed by atoms with E-state index < -0.39 is 5.54 Å². The minimum absolute atomic E-state index is 0.102. The fourth-order valence-electron chi connectivity index (χ4n) is 3.48. The molecule has 1 heterocycles. The average Bonchev–Trinajstić information content (AvgIpc) is 2.77. The van der Waals surface area contributed by atoms with Crippen LogP contribution < -0.4 is 10.1 Å². The number of halogens is 1. The predicted molar refractivity (Wildman–Crippen MR) is 87.6 cm³/mol. The molecule has 6 heteroatoms. The molecule has 3 rings (SSSR count). The molecule has 2 atom stereocenters. The van der Waals surface area contributed by atoms with Gasteiger partial charge in [-0.05, 0) is 43.0 Å². The van der Waals surface area contributed by atoms with Crippen LogP contribution in [0.5, 0.6) is 5.75 Å². The molecule has 5 nitrogen and oxygen atoms in total. The number of rotatable bonds is 4. The highest BCUT2D eigenvalue weighted by Gasteiger charge is 2.54. The second-order valence-corrected chi connectivity index (χ2v) is 6.74. The molecule has 1 saturated carbocycles. The Balaban J connectivity index is 1.61. The van der Waals surface area contributed by atoms with Crippen LogP contribution in [0.25, 0.3) is 0 Å². The van der Waals surface area contributed by atoms with E-state index in [4.69, 9.17) is 16.3 Å². The zero-order valence-electron chi connectivity index (χ0n) is 13.2. The summed E-state index contributed by atoms with van der Waals surface area (Å²) in [6.45, 7) is 2.57. The van der Waals surface area contributed by atoms with Gasteiger partial charge in [-0.2, -0.15) is 0 Å². The van der Waals surface area contributed by atoms with E-state index in [2.05, 4.69) is 5.32 Å². The molecular formula is C17H21ClN2O3. The Kier molecular flexibility index (Phi) is 4.48. The second kappa shape index (κ2) is 6.40. The van der Waals surface area contributed by atoms with Gasteiger partial charge in [-0.3, -0.25) is 9.69 Å². The zero-order valence-corrected chi connectivity index (χ0v) is 13.9. The number of amides is 3. The third kappa shape index (κ3) is 3.02. The number of ether oxygens (including phenoxy) is 1. The van der Waals surface area contributed by atoms with Crippen LogP contribution in [0.1, 0.15) is 32.6 Å². The summed E-state index contributed by atoms with van der Waals surface area (Å²) in [7, 11) is 0. The van der Waals surface area contributed by atoms with Crippen LogP contribution >= 0.6 is 11.6 Å². The van der Waals surface area contributed by atoms with E-state index in [9.17, 15) is 9.59 Å². The lowest BCUT2D eigenvalue weighted by atomic mass is 9.73. The van der Waals surface area contributed by atoms with Gasteiger partial charge in [-0.15, -0.1) is 0 Å². The summed E-state index contributed by atoms with van der Waals surface area (Å²) in [6.07, 6.45) is 3.80. The summed E-state index contributed by atoms with van der Waals surface area (Å²) < 4.78 is 5.59. The lowest BCUT2D eigenvalue weighted by Crippen LogP contribution is -2.54. The van der Waals surface area contributed by atoms with Crippen molar-refractivity contribution in [2.75, 3.05) is 13.2 Å². The molecule has 0 unspecified atom stereocenters. The van der Waals surface area contributed by atoms with E-state index in [1.165, 1.54) is 4.90 Å². The molecule has 1 saturated heterocycles. The van der Waals surface area contributed by atoms with Gasteiger partial charge in [0.1, 0.15) is 17.9 Å². The number of imide groups is 1. The minimum atomic E-state index is -0.699. The molecule has 1 aromatic rings. The molecule has 1 spiro atoms. The molecular weight excluding hydrogens is 316 g/mol. The molecule has 0 aromatic heterocycles. The maximum atomic E-state index is 12.8. The van der Waals surface area contributed by atoms with Crippen LogP contribution in [0.3, 0.4) is 0 Å². The topological polar surface area (TPSA) is 58.6 Å². The lowest BCUT2D eigenvalue weighted by molar-refractivity contribution is -0.134. The van der Waals surface area contributed by atoms with Crippen LogP contribution in [0, 0.1) is 5.92 Å². The van der Waals surface area contributed by atoms with E-state index in [-0.39, 0.29) is 31.0 Å². The maximum absolute atomic E-state index is 12.8. The summed E-state index contributed by atoms with van der Waals surface area (Å²) >= 11 is 5.82. The molecule has 23 heavy (non-hydrogen) atoms.